The molecular formula is C24H21N3O3. The summed E-state index contributed by atoms with van der Waals surface area (Å²) in [5.74, 6) is -1.07. The lowest BCUT2D eigenvalue weighted by Gasteiger charge is -2.27. The van der Waals surface area contributed by atoms with Gasteiger partial charge in [0.2, 0.25) is 11.8 Å². The molecule has 4 aromatic rings. The van der Waals surface area contributed by atoms with Crippen LogP contribution < -0.4 is 5.32 Å². The van der Waals surface area contributed by atoms with Gasteiger partial charge in [-0.05, 0) is 48.6 Å². The van der Waals surface area contributed by atoms with Gasteiger partial charge >= 0.3 is 0 Å². The van der Waals surface area contributed by atoms with Crippen molar-refractivity contribution in [2.45, 2.75) is 37.6 Å². The summed E-state index contributed by atoms with van der Waals surface area (Å²) in [7, 11) is 0. The van der Waals surface area contributed by atoms with E-state index >= 15 is 0 Å². The van der Waals surface area contributed by atoms with Crippen LogP contribution in [-0.4, -0.2) is 26.5 Å². The second-order valence-electron chi connectivity index (χ2n) is 8.58. The third-order valence-corrected chi connectivity index (χ3v) is 6.94. The lowest BCUT2D eigenvalue weighted by Crippen LogP contribution is -2.35. The van der Waals surface area contributed by atoms with Crippen LogP contribution in [0.25, 0.3) is 21.8 Å². The number of aromatic nitrogens is 2. The maximum absolute atomic E-state index is 13.3. The zero-order chi connectivity index (χ0) is 20.6. The smallest absolute Gasteiger partial charge is 0.238 e. The van der Waals surface area contributed by atoms with Crippen LogP contribution in [0.2, 0.25) is 0 Å². The molecular weight excluding hydrogens is 378 g/mol. The second-order valence-corrected chi connectivity index (χ2v) is 8.58. The van der Waals surface area contributed by atoms with E-state index in [4.69, 9.17) is 0 Å². The minimum atomic E-state index is -1.03. The van der Waals surface area contributed by atoms with E-state index in [9.17, 15) is 14.7 Å². The predicted octanol–water partition coefficient (Wildman–Crippen LogP) is 3.47. The standard InChI is InChI=1S/C24H21N3O3/c1-24(18-12-27-9-3-5-13-4-2-6-16(18)21(13)27)20(22(29)26-23(24)30)17-11-25-19-10-14(28)7-8-15(17)19/h2,4,6-8,10-12,20,25,28H,3,5,9H2,1H3,(H,26,29,30)/t20-,24+/m1/s1. The number of aromatic hydroxyl groups is 1. The average molecular weight is 399 g/mol. The number of imide groups is 1. The predicted molar refractivity (Wildman–Crippen MR) is 113 cm³/mol. The molecule has 6 heteroatoms. The Bertz CT molecular complexity index is 1380. The van der Waals surface area contributed by atoms with Crippen LogP contribution in [0.4, 0.5) is 0 Å². The van der Waals surface area contributed by atoms with Crippen molar-refractivity contribution in [1.82, 2.24) is 14.9 Å². The van der Waals surface area contributed by atoms with Gasteiger partial charge in [-0.2, -0.15) is 0 Å². The minimum absolute atomic E-state index is 0.152. The molecule has 150 valence electrons. The van der Waals surface area contributed by atoms with E-state index in [1.165, 1.54) is 11.1 Å². The molecule has 0 radical (unpaired) electrons. The fourth-order valence-electron chi connectivity index (χ4n) is 5.48. The summed E-state index contributed by atoms with van der Waals surface area (Å²) in [4.78, 5) is 29.5. The number of nitrogens with one attached hydrogen (secondary N) is 2. The molecule has 2 aromatic heterocycles. The molecule has 4 heterocycles. The average Bonchev–Trinajstić information content (AvgIpc) is 3.37. The first-order valence-electron chi connectivity index (χ1n) is 10.2. The number of carbonyl (C=O) groups excluding carboxylic acids is 2. The van der Waals surface area contributed by atoms with Crippen LogP contribution in [0.5, 0.6) is 5.75 Å². The second kappa shape index (κ2) is 5.75. The van der Waals surface area contributed by atoms with E-state index in [1.54, 1.807) is 24.4 Å². The summed E-state index contributed by atoms with van der Waals surface area (Å²) in [5, 5.41) is 14.3. The van der Waals surface area contributed by atoms with Crippen molar-refractivity contribution < 1.29 is 14.7 Å². The van der Waals surface area contributed by atoms with E-state index in [0.717, 1.165) is 46.8 Å². The van der Waals surface area contributed by atoms with E-state index in [2.05, 4.69) is 33.2 Å². The number of aryl methyl sites for hydroxylation is 2. The summed E-state index contributed by atoms with van der Waals surface area (Å²) in [5.41, 5.74) is 3.83. The van der Waals surface area contributed by atoms with Gasteiger partial charge in [0.15, 0.2) is 0 Å². The van der Waals surface area contributed by atoms with Crippen molar-refractivity contribution in [1.29, 1.82) is 0 Å². The summed E-state index contributed by atoms with van der Waals surface area (Å²) < 4.78 is 2.23. The van der Waals surface area contributed by atoms with Crippen LogP contribution >= 0.6 is 0 Å². The Morgan fingerprint density at radius 3 is 2.90 bits per heavy atom. The monoisotopic (exact) mass is 399 g/mol. The van der Waals surface area contributed by atoms with Crippen molar-refractivity contribution in [3.8, 4) is 5.75 Å². The minimum Gasteiger partial charge on any atom is -0.508 e. The topological polar surface area (TPSA) is 87.1 Å². The van der Waals surface area contributed by atoms with Gasteiger partial charge in [0, 0.05) is 41.3 Å². The van der Waals surface area contributed by atoms with Gasteiger partial charge in [0.1, 0.15) is 5.75 Å². The van der Waals surface area contributed by atoms with Crippen LogP contribution in [0.1, 0.15) is 36.0 Å². The zero-order valence-electron chi connectivity index (χ0n) is 16.5. The number of phenols is 1. The van der Waals surface area contributed by atoms with Crippen LogP contribution in [-0.2, 0) is 28.0 Å². The van der Waals surface area contributed by atoms with Gasteiger partial charge in [-0.25, -0.2) is 0 Å². The maximum Gasteiger partial charge on any atom is 0.238 e. The number of hydrogen-bond acceptors (Lipinski definition) is 3. The van der Waals surface area contributed by atoms with Gasteiger partial charge in [0.25, 0.3) is 0 Å². The van der Waals surface area contributed by atoms with E-state index in [0.29, 0.717) is 0 Å². The highest BCUT2D eigenvalue weighted by Gasteiger charge is 2.55. The Balaban J connectivity index is 1.62. The number of para-hydroxylation sites is 1. The lowest BCUT2D eigenvalue weighted by atomic mass is 9.70. The molecule has 0 spiro atoms. The number of fused-ring (bicyclic) bond motifs is 1. The molecule has 0 aliphatic carbocycles. The first-order valence-corrected chi connectivity index (χ1v) is 10.2. The van der Waals surface area contributed by atoms with Crippen molar-refractivity contribution in [2.24, 2.45) is 0 Å². The van der Waals surface area contributed by atoms with E-state index < -0.39 is 11.3 Å². The molecule has 2 aromatic carbocycles. The Labute approximate surface area is 172 Å². The third kappa shape index (κ3) is 2.08. The van der Waals surface area contributed by atoms with Gasteiger partial charge in [-0.3, -0.25) is 14.9 Å². The summed E-state index contributed by atoms with van der Waals surface area (Å²) >= 11 is 0. The summed E-state index contributed by atoms with van der Waals surface area (Å²) in [6.45, 7) is 2.79. The largest absolute Gasteiger partial charge is 0.508 e. The number of phenolic OH excluding ortho intramolecular Hbond substituents is 1. The van der Waals surface area contributed by atoms with E-state index in [1.807, 2.05) is 13.0 Å². The number of nitrogens with zero attached hydrogens (tertiary/aromatic N) is 1. The van der Waals surface area contributed by atoms with Crippen molar-refractivity contribution >= 4 is 33.6 Å². The Morgan fingerprint density at radius 1 is 1.17 bits per heavy atom. The number of benzene rings is 2. The Morgan fingerprint density at radius 2 is 2.03 bits per heavy atom. The van der Waals surface area contributed by atoms with Gasteiger partial charge in [-0.15, -0.1) is 0 Å². The molecule has 0 unspecified atom stereocenters. The molecule has 0 bridgehead atoms. The van der Waals surface area contributed by atoms with Crippen molar-refractivity contribution in [3.63, 3.8) is 0 Å². The number of amides is 2. The molecule has 30 heavy (non-hydrogen) atoms. The SMILES string of the molecule is C[C@@]1(c2cn3c4c(cccc24)CCC3)C(=O)NC(=O)[C@H]1c1c[nH]c2cc(O)ccc12. The lowest BCUT2D eigenvalue weighted by molar-refractivity contribution is -0.126. The zero-order valence-corrected chi connectivity index (χ0v) is 16.5. The molecule has 2 aliphatic rings. The third-order valence-electron chi connectivity index (χ3n) is 6.94. The molecule has 2 aliphatic heterocycles. The first kappa shape index (κ1) is 17.3. The number of H-pyrrole nitrogens is 1. The maximum atomic E-state index is 13.3. The normalized spacial score (nSPS) is 23.4. The Kier molecular flexibility index (Phi) is 3.32. The molecule has 1 saturated heterocycles. The van der Waals surface area contributed by atoms with Gasteiger partial charge < -0.3 is 14.7 Å². The highest BCUT2D eigenvalue weighted by atomic mass is 16.3. The number of aromatic amines is 1. The fraction of sp³-hybridized carbons (Fsp3) is 0.250. The molecule has 0 saturated carbocycles. The van der Waals surface area contributed by atoms with Gasteiger partial charge in [0.05, 0.1) is 16.8 Å². The molecule has 1 fully saturated rings. The van der Waals surface area contributed by atoms with Crippen LogP contribution in [0.15, 0.2) is 48.8 Å². The molecule has 6 nitrogen and oxygen atoms in total. The fourth-order valence-corrected chi connectivity index (χ4v) is 5.48. The number of carbonyl (C=O) groups is 2. The summed E-state index contributed by atoms with van der Waals surface area (Å²) in [6, 6.07) is 11.3. The number of rotatable bonds is 2. The number of hydrogen-bond donors (Lipinski definition) is 3. The quantitative estimate of drug-likeness (QED) is 0.451. The Hall–Kier alpha value is -3.54. The highest BCUT2D eigenvalue weighted by molar-refractivity contribution is 6.15. The molecule has 3 N–H and O–H groups in total. The van der Waals surface area contributed by atoms with Crippen LogP contribution in [0, 0.1) is 0 Å². The van der Waals surface area contributed by atoms with Crippen molar-refractivity contribution in [3.05, 3.63) is 65.5 Å². The van der Waals surface area contributed by atoms with Gasteiger partial charge in [-0.1, -0.05) is 18.2 Å². The summed E-state index contributed by atoms with van der Waals surface area (Å²) in [6.07, 6.45) is 5.95. The molecule has 6 rings (SSSR count). The highest BCUT2D eigenvalue weighted by Crippen LogP contribution is 2.48. The molecule has 2 amide bonds. The van der Waals surface area contributed by atoms with E-state index in [-0.39, 0.29) is 17.6 Å². The van der Waals surface area contributed by atoms with Crippen LogP contribution in [0.3, 0.4) is 0 Å². The first-order chi connectivity index (χ1) is 14.5. The molecule has 2 atom stereocenters. The van der Waals surface area contributed by atoms with Crippen molar-refractivity contribution in [2.75, 3.05) is 0 Å².